The zero-order chi connectivity index (χ0) is 22.8. The van der Waals surface area contributed by atoms with E-state index in [1.165, 1.54) is 0 Å². The third-order valence-electron chi connectivity index (χ3n) is 9.37. The second-order valence-corrected chi connectivity index (χ2v) is 11.4. The van der Waals surface area contributed by atoms with Crippen molar-refractivity contribution in [3.63, 3.8) is 0 Å². The minimum Gasteiger partial charge on any atom is -0.384 e. The van der Waals surface area contributed by atoms with E-state index in [0.717, 1.165) is 23.1 Å². The van der Waals surface area contributed by atoms with Gasteiger partial charge in [-0.05, 0) is 60.2 Å². The minimum atomic E-state index is -1.07. The highest BCUT2D eigenvalue weighted by Crippen LogP contribution is 2.64. The van der Waals surface area contributed by atoms with Gasteiger partial charge in [0.15, 0.2) is 11.6 Å². The number of carbonyl (C=O) groups excluding carboxylic acids is 2. The average Bonchev–Trinajstić information content (AvgIpc) is 2.98. The number of fused-ring (bicyclic) bond motifs is 4. The molecule has 3 nitrogen and oxygen atoms in total. The lowest BCUT2D eigenvalue weighted by Gasteiger charge is -2.55. The summed E-state index contributed by atoms with van der Waals surface area (Å²) in [5.74, 6) is 2.02. The molecule has 3 heteroatoms. The molecule has 0 unspecified atom stereocenters. The average molecular weight is 423 g/mol. The molecule has 0 radical (unpaired) electrons. The van der Waals surface area contributed by atoms with Crippen LogP contribution in [0.2, 0.25) is 0 Å². The van der Waals surface area contributed by atoms with E-state index in [1.54, 1.807) is 6.08 Å². The maximum absolute atomic E-state index is 13.4. The Bertz CT molecular complexity index is 932. The highest BCUT2D eigenvalue weighted by molar-refractivity contribution is 6.02. The Morgan fingerprint density at radius 3 is 2.42 bits per heavy atom. The lowest BCUT2D eigenvalue weighted by molar-refractivity contribution is -0.119. The van der Waals surface area contributed by atoms with Crippen molar-refractivity contribution in [3.8, 4) is 0 Å². The maximum Gasteiger partial charge on any atom is 0.160 e. The second kappa shape index (κ2) is 7.40. The molecule has 0 heterocycles. The van der Waals surface area contributed by atoms with Crippen LogP contribution in [0.1, 0.15) is 73.6 Å². The third kappa shape index (κ3) is 3.18. The molecule has 0 aliphatic heterocycles. The Hall–Kier alpha value is -1.74. The molecule has 1 N–H and O–H groups in total. The Morgan fingerprint density at radius 2 is 1.74 bits per heavy atom. The molecule has 168 valence electrons. The SMILES string of the molecule is CC(C)[C@@H](C)C=C[C@@H](C)[C@H]1CC(=O)C2=C3C=CC4=CC(=O)CC[C@]4(C)[C@@]3(O)CC[C@@]21C. The molecule has 0 aromatic carbocycles. The molecule has 0 amide bonds. The molecular weight excluding hydrogens is 384 g/mol. The van der Waals surface area contributed by atoms with Crippen LogP contribution in [0.3, 0.4) is 0 Å². The summed E-state index contributed by atoms with van der Waals surface area (Å²) in [6, 6.07) is 0. The summed E-state index contributed by atoms with van der Waals surface area (Å²) in [5.41, 5.74) is 0.816. The number of allylic oxidation sites excluding steroid dienone is 5. The molecule has 0 aromatic heterocycles. The monoisotopic (exact) mass is 422 g/mol. The van der Waals surface area contributed by atoms with Crippen LogP contribution in [-0.2, 0) is 9.59 Å². The van der Waals surface area contributed by atoms with Gasteiger partial charge in [-0.25, -0.2) is 0 Å². The first kappa shape index (κ1) is 22.5. The molecule has 0 saturated heterocycles. The summed E-state index contributed by atoms with van der Waals surface area (Å²) in [7, 11) is 0. The number of aliphatic hydroxyl groups is 1. The molecule has 31 heavy (non-hydrogen) atoms. The van der Waals surface area contributed by atoms with Gasteiger partial charge in [-0.15, -0.1) is 0 Å². The van der Waals surface area contributed by atoms with Crippen molar-refractivity contribution in [3.05, 3.63) is 47.1 Å². The second-order valence-electron chi connectivity index (χ2n) is 11.4. The zero-order valence-corrected chi connectivity index (χ0v) is 20.0. The van der Waals surface area contributed by atoms with E-state index >= 15 is 0 Å². The molecule has 4 aliphatic rings. The minimum absolute atomic E-state index is 0.130. The van der Waals surface area contributed by atoms with Crippen molar-refractivity contribution < 1.29 is 14.7 Å². The quantitative estimate of drug-likeness (QED) is 0.587. The van der Waals surface area contributed by atoms with Crippen LogP contribution < -0.4 is 0 Å². The van der Waals surface area contributed by atoms with Crippen LogP contribution in [0.4, 0.5) is 0 Å². The van der Waals surface area contributed by atoms with Crippen LogP contribution in [0.15, 0.2) is 47.1 Å². The van der Waals surface area contributed by atoms with Gasteiger partial charge in [0.1, 0.15) is 0 Å². The largest absolute Gasteiger partial charge is 0.384 e. The number of rotatable bonds is 4. The van der Waals surface area contributed by atoms with E-state index in [0.29, 0.717) is 43.4 Å². The van der Waals surface area contributed by atoms with Gasteiger partial charge in [0.05, 0.1) is 5.60 Å². The fraction of sp³-hybridized carbons (Fsp3) is 0.643. The van der Waals surface area contributed by atoms with Gasteiger partial charge in [0.2, 0.25) is 0 Å². The van der Waals surface area contributed by atoms with Crippen molar-refractivity contribution >= 4 is 11.6 Å². The van der Waals surface area contributed by atoms with Crippen molar-refractivity contribution in [1.82, 2.24) is 0 Å². The van der Waals surface area contributed by atoms with E-state index in [-0.39, 0.29) is 22.9 Å². The predicted octanol–water partition coefficient (Wildman–Crippen LogP) is 5.75. The van der Waals surface area contributed by atoms with Crippen LogP contribution in [0.5, 0.6) is 0 Å². The van der Waals surface area contributed by atoms with E-state index in [4.69, 9.17) is 0 Å². The first-order chi connectivity index (χ1) is 14.4. The highest BCUT2D eigenvalue weighted by atomic mass is 16.3. The van der Waals surface area contributed by atoms with Gasteiger partial charge in [0.25, 0.3) is 0 Å². The summed E-state index contributed by atoms with van der Waals surface area (Å²) in [4.78, 5) is 25.4. The van der Waals surface area contributed by atoms with E-state index in [9.17, 15) is 14.7 Å². The summed E-state index contributed by atoms with van der Waals surface area (Å²) in [6.45, 7) is 13.3. The van der Waals surface area contributed by atoms with Crippen LogP contribution in [-0.4, -0.2) is 22.3 Å². The van der Waals surface area contributed by atoms with Crippen LogP contribution in [0.25, 0.3) is 0 Å². The molecule has 0 aromatic rings. The van der Waals surface area contributed by atoms with Gasteiger partial charge in [0, 0.05) is 29.2 Å². The first-order valence-corrected chi connectivity index (χ1v) is 12.1. The third-order valence-corrected chi connectivity index (χ3v) is 9.37. The fourth-order valence-corrected chi connectivity index (χ4v) is 6.62. The molecular formula is C28H38O3. The normalized spacial score (nSPS) is 39.5. The van der Waals surface area contributed by atoms with Gasteiger partial charge in [-0.2, -0.15) is 0 Å². The first-order valence-electron chi connectivity index (χ1n) is 12.1. The topological polar surface area (TPSA) is 54.4 Å². The number of ketones is 2. The molecule has 6 atom stereocenters. The van der Waals surface area contributed by atoms with Crippen molar-refractivity contribution in [2.24, 2.45) is 34.5 Å². The van der Waals surface area contributed by atoms with Gasteiger partial charge < -0.3 is 5.11 Å². The number of Topliss-reactive ketones (excluding diaryl/α,β-unsaturated/α-hetero) is 1. The van der Waals surface area contributed by atoms with Crippen molar-refractivity contribution in [2.75, 3.05) is 0 Å². The Labute approximate surface area is 187 Å². The van der Waals surface area contributed by atoms with Gasteiger partial charge in [-0.1, -0.05) is 65.8 Å². The summed E-state index contributed by atoms with van der Waals surface area (Å²) >= 11 is 0. The Balaban J connectivity index is 1.76. The lowest BCUT2D eigenvalue weighted by atomic mass is 9.51. The van der Waals surface area contributed by atoms with E-state index in [1.807, 2.05) is 12.2 Å². The Kier molecular flexibility index (Phi) is 5.36. The highest BCUT2D eigenvalue weighted by Gasteiger charge is 2.62. The van der Waals surface area contributed by atoms with Gasteiger partial charge >= 0.3 is 0 Å². The maximum atomic E-state index is 13.4. The number of hydrogen-bond donors (Lipinski definition) is 1. The molecule has 1 saturated carbocycles. The zero-order valence-electron chi connectivity index (χ0n) is 20.0. The van der Waals surface area contributed by atoms with Crippen molar-refractivity contribution in [1.29, 1.82) is 0 Å². The van der Waals surface area contributed by atoms with E-state index in [2.05, 4.69) is 53.7 Å². The smallest absolute Gasteiger partial charge is 0.160 e. The van der Waals surface area contributed by atoms with Gasteiger partial charge in [-0.3, -0.25) is 9.59 Å². The summed E-state index contributed by atoms with van der Waals surface area (Å²) in [5, 5.41) is 12.0. The van der Waals surface area contributed by atoms with Crippen LogP contribution >= 0.6 is 0 Å². The summed E-state index contributed by atoms with van der Waals surface area (Å²) in [6.07, 6.45) is 13.3. The Morgan fingerprint density at radius 1 is 1.03 bits per heavy atom. The number of carbonyl (C=O) groups is 2. The fourth-order valence-electron chi connectivity index (χ4n) is 6.62. The van der Waals surface area contributed by atoms with E-state index < -0.39 is 11.0 Å². The molecule has 4 aliphatic carbocycles. The summed E-state index contributed by atoms with van der Waals surface area (Å²) < 4.78 is 0. The van der Waals surface area contributed by atoms with Crippen LogP contribution in [0, 0.1) is 34.5 Å². The van der Waals surface area contributed by atoms with Crippen molar-refractivity contribution in [2.45, 2.75) is 79.2 Å². The molecule has 4 rings (SSSR count). The standard InChI is InChI=1S/C28H38O3/c1-17(2)18(3)7-8-19(4)23-16-24(30)25-22-10-9-20-15-21(29)11-12-27(20,6)28(22,31)14-13-26(23,25)5/h7-10,15,17-19,23,31H,11-14,16H2,1-6H3/t18-,19+,23+,26+,27-,28+/m0/s1. The lowest BCUT2D eigenvalue weighted by Crippen LogP contribution is -2.55. The number of hydrogen-bond acceptors (Lipinski definition) is 3. The molecule has 1 fully saturated rings. The molecule has 0 bridgehead atoms. The predicted molar refractivity (Wildman–Crippen MR) is 124 cm³/mol. The molecule has 0 spiro atoms.